The molecule has 0 spiro atoms. The van der Waals surface area contributed by atoms with Crippen molar-refractivity contribution in [3.05, 3.63) is 33.8 Å². The normalized spacial score (nSPS) is 19.2. The molecule has 1 aliphatic carbocycles. The lowest BCUT2D eigenvalue weighted by molar-refractivity contribution is 0.150. The number of rotatable bonds is 1. The van der Waals surface area contributed by atoms with Crippen LogP contribution in [0, 0.1) is 6.92 Å². The van der Waals surface area contributed by atoms with Gasteiger partial charge in [0.2, 0.25) is 0 Å². The molecule has 1 aromatic rings. The molecule has 0 bridgehead atoms. The highest BCUT2D eigenvalue weighted by atomic mass is 79.9. The molecule has 1 N–H and O–H groups in total. The topological polar surface area (TPSA) is 20.2 Å². The third-order valence-corrected chi connectivity index (χ3v) is 3.47. The van der Waals surface area contributed by atoms with Crippen LogP contribution in [0.1, 0.15) is 24.0 Å². The Morgan fingerprint density at radius 1 is 1.42 bits per heavy atom. The molecule has 64 valence electrons. The molecule has 2 rings (SSSR count). The molecule has 0 aliphatic heterocycles. The molecule has 0 heterocycles. The molecule has 0 atom stereocenters. The van der Waals surface area contributed by atoms with Gasteiger partial charge in [0.05, 0.1) is 5.60 Å². The number of aryl methyl sites for hydroxylation is 1. The van der Waals surface area contributed by atoms with Gasteiger partial charge in [0, 0.05) is 4.47 Å². The Morgan fingerprint density at radius 3 is 2.67 bits per heavy atom. The molecule has 0 radical (unpaired) electrons. The molecule has 1 aliphatic rings. The van der Waals surface area contributed by atoms with Crippen molar-refractivity contribution >= 4 is 15.9 Å². The third kappa shape index (κ3) is 1.19. The second-order valence-electron chi connectivity index (χ2n) is 3.47. The Labute approximate surface area is 80.5 Å². The van der Waals surface area contributed by atoms with Gasteiger partial charge in [-0.25, -0.2) is 0 Å². The van der Waals surface area contributed by atoms with Crippen molar-refractivity contribution in [2.24, 2.45) is 0 Å². The number of hydrogen-bond donors (Lipinski definition) is 1. The summed E-state index contributed by atoms with van der Waals surface area (Å²) in [5.41, 5.74) is 1.71. The fourth-order valence-electron chi connectivity index (χ4n) is 1.39. The summed E-state index contributed by atoms with van der Waals surface area (Å²) < 4.78 is 1.06. The smallest absolute Gasteiger partial charge is 0.0909 e. The minimum absolute atomic E-state index is 0.523. The van der Waals surface area contributed by atoms with Crippen LogP contribution in [0.3, 0.4) is 0 Å². The van der Waals surface area contributed by atoms with Crippen molar-refractivity contribution in [1.29, 1.82) is 0 Å². The van der Waals surface area contributed by atoms with Gasteiger partial charge in [-0.2, -0.15) is 0 Å². The fraction of sp³-hybridized carbons (Fsp3) is 0.400. The van der Waals surface area contributed by atoms with Crippen molar-refractivity contribution in [2.75, 3.05) is 0 Å². The van der Waals surface area contributed by atoms with Gasteiger partial charge in [0.1, 0.15) is 0 Å². The molecule has 0 amide bonds. The summed E-state index contributed by atoms with van der Waals surface area (Å²) >= 11 is 3.50. The molecular formula is C10H11BrO. The second kappa shape index (κ2) is 2.57. The maximum atomic E-state index is 9.88. The molecule has 1 fully saturated rings. The third-order valence-electron chi connectivity index (χ3n) is 2.42. The monoisotopic (exact) mass is 226 g/mol. The highest BCUT2D eigenvalue weighted by molar-refractivity contribution is 9.10. The quantitative estimate of drug-likeness (QED) is 0.782. The summed E-state index contributed by atoms with van der Waals surface area (Å²) in [6.07, 6.45) is 1.80. The molecule has 1 aromatic carbocycles. The number of hydrogen-bond acceptors (Lipinski definition) is 1. The second-order valence-corrected chi connectivity index (χ2v) is 4.26. The van der Waals surface area contributed by atoms with Crippen LogP contribution in [0.5, 0.6) is 0 Å². The Balaban J connectivity index is 2.51. The van der Waals surface area contributed by atoms with E-state index in [9.17, 15) is 5.11 Å². The molecule has 0 unspecified atom stereocenters. The lowest BCUT2D eigenvalue weighted by atomic mass is 10.1. The number of halogens is 1. The Hall–Kier alpha value is -0.340. The Bertz CT molecular complexity index is 316. The van der Waals surface area contributed by atoms with E-state index in [1.54, 1.807) is 0 Å². The molecule has 12 heavy (non-hydrogen) atoms. The van der Waals surface area contributed by atoms with Crippen molar-refractivity contribution in [3.8, 4) is 0 Å². The summed E-state index contributed by atoms with van der Waals surface area (Å²) in [5, 5.41) is 9.88. The van der Waals surface area contributed by atoms with Gasteiger partial charge in [-0.3, -0.25) is 0 Å². The maximum Gasteiger partial charge on any atom is 0.0909 e. The highest BCUT2D eigenvalue weighted by Crippen LogP contribution is 2.48. The van der Waals surface area contributed by atoms with E-state index < -0.39 is 5.60 Å². The van der Waals surface area contributed by atoms with Crippen molar-refractivity contribution < 1.29 is 5.11 Å². The number of aliphatic hydroxyl groups is 1. The number of benzene rings is 1. The van der Waals surface area contributed by atoms with Crippen LogP contribution >= 0.6 is 15.9 Å². The molecule has 0 aromatic heterocycles. The average Bonchev–Trinajstić information content (AvgIpc) is 2.75. The van der Waals surface area contributed by atoms with Gasteiger partial charge in [-0.05, 0) is 30.9 Å². The summed E-state index contributed by atoms with van der Waals surface area (Å²) in [6.45, 7) is 2.04. The predicted octanol–water partition coefficient (Wildman–Crippen LogP) is 2.74. The molecule has 1 nitrogen and oxygen atoms in total. The van der Waals surface area contributed by atoms with Crippen LogP contribution in [0.25, 0.3) is 0 Å². The summed E-state index contributed by atoms with van der Waals surface area (Å²) in [6, 6.07) is 6.02. The zero-order valence-electron chi connectivity index (χ0n) is 6.97. The molecule has 2 heteroatoms. The van der Waals surface area contributed by atoms with E-state index in [-0.39, 0.29) is 0 Å². The van der Waals surface area contributed by atoms with E-state index in [1.807, 2.05) is 25.1 Å². The van der Waals surface area contributed by atoms with E-state index in [0.717, 1.165) is 22.9 Å². The zero-order chi connectivity index (χ0) is 8.77. The first-order chi connectivity index (χ1) is 5.63. The van der Waals surface area contributed by atoms with Gasteiger partial charge >= 0.3 is 0 Å². The van der Waals surface area contributed by atoms with E-state index in [4.69, 9.17) is 0 Å². The van der Waals surface area contributed by atoms with E-state index in [1.165, 1.54) is 5.56 Å². The first-order valence-electron chi connectivity index (χ1n) is 4.11. The Kier molecular flexibility index (Phi) is 1.77. The predicted molar refractivity (Wildman–Crippen MR) is 52.0 cm³/mol. The first kappa shape index (κ1) is 8.27. The van der Waals surface area contributed by atoms with Crippen LogP contribution in [0.15, 0.2) is 22.7 Å². The van der Waals surface area contributed by atoms with Crippen LogP contribution in [0.4, 0.5) is 0 Å². The Morgan fingerprint density at radius 2 is 2.08 bits per heavy atom. The SMILES string of the molecule is Cc1cccc(C2(O)CC2)c1Br. The lowest BCUT2D eigenvalue weighted by Gasteiger charge is -2.11. The minimum Gasteiger partial charge on any atom is -0.385 e. The van der Waals surface area contributed by atoms with Gasteiger partial charge < -0.3 is 5.11 Å². The highest BCUT2D eigenvalue weighted by Gasteiger charge is 2.43. The van der Waals surface area contributed by atoms with E-state index in [0.29, 0.717) is 0 Å². The summed E-state index contributed by atoms with van der Waals surface area (Å²) in [7, 11) is 0. The van der Waals surface area contributed by atoms with Crippen LogP contribution in [0.2, 0.25) is 0 Å². The van der Waals surface area contributed by atoms with E-state index in [2.05, 4.69) is 15.9 Å². The van der Waals surface area contributed by atoms with Crippen LogP contribution < -0.4 is 0 Å². The fourth-order valence-corrected chi connectivity index (χ4v) is 2.03. The minimum atomic E-state index is -0.523. The summed E-state index contributed by atoms with van der Waals surface area (Å²) in [4.78, 5) is 0. The van der Waals surface area contributed by atoms with E-state index >= 15 is 0 Å². The molecule has 0 saturated heterocycles. The maximum absolute atomic E-state index is 9.88. The largest absolute Gasteiger partial charge is 0.385 e. The molecular weight excluding hydrogens is 216 g/mol. The molecule has 1 saturated carbocycles. The van der Waals surface area contributed by atoms with Crippen molar-refractivity contribution in [3.63, 3.8) is 0 Å². The van der Waals surface area contributed by atoms with Crippen LogP contribution in [-0.2, 0) is 5.60 Å². The van der Waals surface area contributed by atoms with Gasteiger partial charge in [-0.15, -0.1) is 0 Å². The van der Waals surface area contributed by atoms with Crippen molar-refractivity contribution in [1.82, 2.24) is 0 Å². The van der Waals surface area contributed by atoms with Crippen molar-refractivity contribution in [2.45, 2.75) is 25.4 Å². The first-order valence-corrected chi connectivity index (χ1v) is 4.91. The zero-order valence-corrected chi connectivity index (χ0v) is 8.56. The van der Waals surface area contributed by atoms with Crippen LogP contribution in [-0.4, -0.2) is 5.11 Å². The average molecular weight is 227 g/mol. The van der Waals surface area contributed by atoms with Gasteiger partial charge in [0.15, 0.2) is 0 Å². The standard InChI is InChI=1S/C10H11BrO/c1-7-3-2-4-8(9(7)11)10(12)5-6-10/h2-4,12H,5-6H2,1H3. The summed E-state index contributed by atoms with van der Waals surface area (Å²) in [5.74, 6) is 0. The lowest BCUT2D eigenvalue weighted by Crippen LogP contribution is -2.05. The van der Waals surface area contributed by atoms with Gasteiger partial charge in [0.25, 0.3) is 0 Å². The van der Waals surface area contributed by atoms with Gasteiger partial charge in [-0.1, -0.05) is 34.1 Å².